The van der Waals surface area contributed by atoms with Gasteiger partial charge in [-0.2, -0.15) is 0 Å². The van der Waals surface area contributed by atoms with E-state index in [2.05, 4.69) is 5.32 Å². The highest BCUT2D eigenvalue weighted by atomic mass is 35.5. The molecule has 2 atom stereocenters. The second-order valence-electron chi connectivity index (χ2n) is 4.60. The molecule has 18 heavy (non-hydrogen) atoms. The molecule has 2 N–H and O–H groups in total. The number of aryl methyl sites for hydroxylation is 1. The van der Waals surface area contributed by atoms with Gasteiger partial charge in [0.15, 0.2) is 0 Å². The molecule has 0 spiro atoms. The number of methoxy groups -OCH3 is 1. The Morgan fingerprint density at radius 1 is 1.56 bits per heavy atom. The van der Waals surface area contributed by atoms with E-state index < -0.39 is 5.97 Å². The lowest BCUT2D eigenvalue weighted by atomic mass is 9.98. The Kier molecular flexibility index (Phi) is 3.78. The number of aliphatic carboxylic acids is 1. The first-order valence-corrected chi connectivity index (χ1v) is 6.21. The molecule has 1 aliphatic rings. The van der Waals surface area contributed by atoms with E-state index in [1.54, 1.807) is 7.11 Å². The van der Waals surface area contributed by atoms with E-state index in [0.717, 1.165) is 11.1 Å². The maximum absolute atomic E-state index is 11.0. The van der Waals surface area contributed by atoms with E-state index in [1.807, 2.05) is 19.1 Å². The van der Waals surface area contributed by atoms with Gasteiger partial charge in [0.2, 0.25) is 0 Å². The predicted molar refractivity (Wildman–Crippen MR) is 69.2 cm³/mol. The highest BCUT2D eigenvalue weighted by Gasteiger charge is 2.32. The summed E-state index contributed by atoms with van der Waals surface area (Å²) < 4.78 is 5.32. The lowest BCUT2D eigenvalue weighted by Crippen LogP contribution is -2.17. The third kappa shape index (κ3) is 2.44. The fraction of sp³-hybridized carbons (Fsp3) is 0.462. The Balaban J connectivity index is 2.31. The van der Waals surface area contributed by atoms with Crippen molar-refractivity contribution < 1.29 is 14.6 Å². The molecule has 1 heterocycles. The van der Waals surface area contributed by atoms with Gasteiger partial charge in [-0.05, 0) is 25.0 Å². The molecule has 2 unspecified atom stereocenters. The third-order valence-electron chi connectivity index (χ3n) is 3.28. The zero-order chi connectivity index (χ0) is 13.3. The van der Waals surface area contributed by atoms with Gasteiger partial charge in [-0.25, -0.2) is 0 Å². The van der Waals surface area contributed by atoms with Gasteiger partial charge in [-0.15, -0.1) is 0 Å². The van der Waals surface area contributed by atoms with Gasteiger partial charge >= 0.3 is 5.97 Å². The van der Waals surface area contributed by atoms with Crippen molar-refractivity contribution in [3.05, 3.63) is 28.3 Å². The number of carboxylic acid groups (broad SMARTS) is 1. The lowest BCUT2D eigenvalue weighted by molar-refractivity contribution is -0.141. The summed E-state index contributed by atoms with van der Waals surface area (Å²) in [7, 11) is 1.57. The fourth-order valence-electron chi connectivity index (χ4n) is 2.39. The van der Waals surface area contributed by atoms with E-state index >= 15 is 0 Å². The van der Waals surface area contributed by atoms with Crippen LogP contribution in [0.1, 0.15) is 23.6 Å². The summed E-state index contributed by atoms with van der Waals surface area (Å²) >= 11 is 6.14. The minimum absolute atomic E-state index is 0.0153. The van der Waals surface area contributed by atoms with Gasteiger partial charge in [0.25, 0.3) is 0 Å². The highest BCUT2D eigenvalue weighted by molar-refractivity contribution is 6.32. The van der Waals surface area contributed by atoms with Crippen LogP contribution < -0.4 is 10.1 Å². The first kappa shape index (κ1) is 13.2. The quantitative estimate of drug-likeness (QED) is 0.885. The van der Waals surface area contributed by atoms with E-state index in [9.17, 15) is 4.79 Å². The van der Waals surface area contributed by atoms with Crippen LogP contribution in [0.25, 0.3) is 0 Å². The Labute approximate surface area is 111 Å². The summed E-state index contributed by atoms with van der Waals surface area (Å²) in [6.07, 6.45) is 0.561. The smallest absolute Gasteiger partial charge is 0.307 e. The Morgan fingerprint density at radius 3 is 2.83 bits per heavy atom. The fourth-order valence-corrected chi connectivity index (χ4v) is 2.75. The van der Waals surface area contributed by atoms with Gasteiger partial charge in [0.05, 0.1) is 18.1 Å². The molecule has 5 heteroatoms. The minimum atomic E-state index is -0.761. The third-order valence-corrected chi connectivity index (χ3v) is 3.56. The minimum Gasteiger partial charge on any atom is -0.495 e. The SMILES string of the molecule is COc1c(Cl)cc(C)cc1C1CC(C(=O)O)CN1. The van der Waals surface area contributed by atoms with E-state index in [4.69, 9.17) is 21.4 Å². The average Bonchev–Trinajstić information content (AvgIpc) is 2.77. The van der Waals surface area contributed by atoms with Crippen molar-refractivity contribution in [1.82, 2.24) is 5.32 Å². The first-order chi connectivity index (χ1) is 8.52. The molecule has 0 saturated carbocycles. The molecule has 1 aromatic rings. The first-order valence-electron chi connectivity index (χ1n) is 5.83. The van der Waals surface area contributed by atoms with Crippen LogP contribution in [0, 0.1) is 12.8 Å². The molecule has 1 fully saturated rings. The second-order valence-corrected chi connectivity index (χ2v) is 5.01. The Bertz CT molecular complexity index is 476. The van der Waals surface area contributed by atoms with E-state index in [1.165, 1.54) is 0 Å². The standard InChI is InChI=1S/C13H16ClNO3/c1-7-3-9(12(18-2)10(14)4-7)11-5-8(6-15-11)13(16)17/h3-4,8,11,15H,5-6H2,1-2H3,(H,16,17). The molecule has 1 aliphatic heterocycles. The van der Waals surface area contributed by atoms with Crippen LogP contribution in [0.5, 0.6) is 5.75 Å². The van der Waals surface area contributed by atoms with Gasteiger partial charge in [0, 0.05) is 18.2 Å². The van der Waals surface area contributed by atoms with Crippen LogP contribution >= 0.6 is 11.6 Å². The molecule has 1 aromatic carbocycles. The van der Waals surface area contributed by atoms with Crippen molar-refractivity contribution in [3.8, 4) is 5.75 Å². The van der Waals surface area contributed by atoms with Crippen molar-refractivity contribution in [3.63, 3.8) is 0 Å². The topological polar surface area (TPSA) is 58.6 Å². The average molecular weight is 270 g/mol. The van der Waals surface area contributed by atoms with Crippen molar-refractivity contribution in [2.75, 3.05) is 13.7 Å². The molecular formula is C13H16ClNO3. The highest BCUT2D eigenvalue weighted by Crippen LogP contribution is 2.38. The molecule has 0 aromatic heterocycles. The number of hydrogen-bond donors (Lipinski definition) is 2. The molecule has 0 aliphatic carbocycles. The lowest BCUT2D eigenvalue weighted by Gasteiger charge is -2.17. The molecule has 1 saturated heterocycles. The van der Waals surface area contributed by atoms with Gasteiger partial charge in [-0.1, -0.05) is 17.7 Å². The number of carboxylic acids is 1. The summed E-state index contributed by atoms with van der Waals surface area (Å²) in [5, 5.41) is 12.8. The van der Waals surface area contributed by atoms with Crippen LogP contribution in [0.4, 0.5) is 0 Å². The maximum Gasteiger partial charge on any atom is 0.307 e. The van der Waals surface area contributed by atoms with Gasteiger partial charge in [-0.3, -0.25) is 4.79 Å². The normalized spacial score (nSPS) is 23.1. The molecule has 0 amide bonds. The summed E-state index contributed by atoms with van der Waals surface area (Å²) in [6.45, 7) is 2.44. The van der Waals surface area contributed by atoms with Crippen molar-refractivity contribution in [1.29, 1.82) is 0 Å². The predicted octanol–water partition coefficient (Wildman–Crippen LogP) is 2.39. The van der Waals surface area contributed by atoms with E-state index in [-0.39, 0.29) is 12.0 Å². The van der Waals surface area contributed by atoms with E-state index in [0.29, 0.717) is 23.7 Å². The summed E-state index contributed by atoms with van der Waals surface area (Å²) in [5.74, 6) is -0.479. The number of carbonyl (C=O) groups is 1. The second kappa shape index (κ2) is 5.16. The van der Waals surface area contributed by atoms with Crippen LogP contribution in [-0.4, -0.2) is 24.7 Å². The molecule has 4 nitrogen and oxygen atoms in total. The number of hydrogen-bond acceptors (Lipinski definition) is 3. The number of halogens is 1. The van der Waals surface area contributed by atoms with Crippen LogP contribution in [0.3, 0.4) is 0 Å². The zero-order valence-electron chi connectivity index (χ0n) is 10.4. The Hall–Kier alpha value is -1.26. The number of rotatable bonds is 3. The summed E-state index contributed by atoms with van der Waals surface area (Å²) in [6, 6.07) is 3.82. The number of nitrogens with one attached hydrogen (secondary N) is 1. The Morgan fingerprint density at radius 2 is 2.28 bits per heavy atom. The monoisotopic (exact) mass is 269 g/mol. The molecule has 0 radical (unpaired) electrons. The van der Waals surface area contributed by atoms with Crippen molar-refractivity contribution >= 4 is 17.6 Å². The van der Waals surface area contributed by atoms with Gasteiger partial charge < -0.3 is 15.2 Å². The van der Waals surface area contributed by atoms with Crippen molar-refractivity contribution in [2.24, 2.45) is 5.92 Å². The largest absolute Gasteiger partial charge is 0.495 e. The van der Waals surface area contributed by atoms with Crippen LogP contribution in [0.2, 0.25) is 5.02 Å². The van der Waals surface area contributed by atoms with Gasteiger partial charge in [0.1, 0.15) is 5.75 Å². The zero-order valence-corrected chi connectivity index (χ0v) is 11.1. The number of ether oxygens (including phenoxy) is 1. The molecule has 2 rings (SSSR count). The molecule has 98 valence electrons. The van der Waals surface area contributed by atoms with Crippen LogP contribution in [-0.2, 0) is 4.79 Å². The summed E-state index contributed by atoms with van der Waals surface area (Å²) in [4.78, 5) is 11.0. The van der Waals surface area contributed by atoms with Crippen LogP contribution in [0.15, 0.2) is 12.1 Å². The molecule has 0 bridgehead atoms. The maximum atomic E-state index is 11.0. The number of benzene rings is 1. The molecular weight excluding hydrogens is 254 g/mol. The summed E-state index contributed by atoms with van der Waals surface area (Å²) in [5.41, 5.74) is 1.97. The van der Waals surface area contributed by atoms with Crippen molar-refractivity contribution in [2.45, 2.75) is 19.4 Å².